The lowest BCUT2D eigenvalue weighted by Gasteiger charge is -2.08. The Bertz CT molecular complexity index is 503. The van der Waals surface area contributed by atoms with Crippen LogP contribution in [0.3, 0.4) is 0 Å². The van der Waals surface area contributed by atoms with Crippen LogP contribution < -0.4 is 4.74 Å². The number of halogens is 1. The van der Waals surface area contributed by atoms with Gasteiger partial charge >= 0.3 is 0 Å². The molecular weight excluding hydrogens is 276 g/mol. The first-order valence-corrected chi connectivity index (χ1v) is 6.39. The fraction of sp³-hybridized carbons (Fsp3) is 0.200. The maximum Gasteiger partial charge on any atom is 0.120 e. The quantitative estimate of drug-likeness (QED) is 0.800. The van der Waals surface area contributed by atoms with Gasteiger partial charge in [0.25, 0.3) is 0 Å². The fourth-order valence-electron chi connectivity index (χ4n) is 1.56. The fourth-order valence-corrected chi connectivity index (χ4v) is 1.80. The van der Waals surface area contributed by atoms with E-state index in [0.29, 0.717) is 6.61 Å². The Morgan fingerprint density at radius 2 is 1.71 bits per heavy atom. The summed E-state index contributed by atoms with van der Waals surface area (Å²) >= 11 is 3.48. The summed E-state index contributed by atoms with van der Waals surface area (Å²) in [6.07, 6.45) is 0. The number of benzene rings is 2. The SMILES string of the molecule is Cc1ccc(COc2ccc(Br)c(C)c2)cc1. The number of hydrogen-bond acceptors (Lipinski definition) is 1. The standard InChI is InChI=1S/C15H15BrO/c1-11-3-5-13(6-4-11)10-17-14-7-8-15(16)12(2)9-14/h3-9H,10H2,1-2H3. The molecule has 0 atom stereocenters. The van der Waals surface area contributed by atoms with Gasteiger partial charge in [-0.15, -0.1) is 0 Å². The van der Waals surface area contributed by atoms with Crippen molar-refractivity contribution in [3.05, 3.63) is 63.6 Å². The molecule has 0 unspecified atom stereocenters. The third-order valence-corrected chi connectivity index (χ3v) is 3.55. The lowest BCUT2D eigenvalue weighted by Crippen LogP contribution is -1.95. The molecule has 2 heteroatoms. The summed E-state index contributed by atoms with van der Waals surface area (Å²) in [4.78, 5) is 0. The van der Waals surface area contributed by atoms with Gasteiger partial charge in [0.1, 0.15) is 12.4 Å². The lowest BCUT2D eigenvalue weighted by molar-refractivity contribution is 0.306. The first-order chi connectivity index (χ1) is 8.15. The highest BCUT2D eigenvalue weighted by Crippen LogP contribution is 2.22. The Hall–Kier alpha value is -1.28. The minimum Gasteiger partial charge on any atom is -0.489 e. The van der Waals surface area contributed by atoms with Gasteiger partial charge in [-0.05, 0) is 43.2 Å². The number of aryl methyl sites for hydroxylation is 2. The molecule has 0 saturated heterocycles. The molecule has 2 rings (SSSR count). The molecule has 0 aromatic heterocycles. The van der Waals surface area contributed by atoms with Crippen molar-refractivity contribution in [2.24, 2.45) is 0 Å². The summed E-state index contributed by atoms with van der Waals surface area (Å²) in [7, 11) is 0. The molecule has 0 heterocycles. The summed E-state index contributed by atoms with van der Waals surface area (Å²) < 4.78 is 6.86. The second-order valence-electron chi connectivity index (χ2n) is 4.19. The van der Waals surface area contributed by atoms with Crippen LogP contribution in [0.2, 0.25) is 0 Å². The van der Waals surface area contributed by atoms with Crippen LogP contribution >= 0.6 is 15.9 Å². The van der Waals surface area contributed by atoms with E-state index in [2.05, 4.69) is 54.0 Å². The van der Waals surface area contributed by atoms with Gasteiger partial charge in [0.15, 0.2) is 0 Å². The zero-order valence-electron chi connectivity index (χ0n) is 10.0. The van der Waals surface area contributed by atoms with Gasteiger partial charge in [0.2, 0.25) is 0 Å². The van der Waals surface area contributed by atoms with E-state index in [9.17, 15) is 0 Å². The monoisotopic (exact) mass is 290 g/mol. The van der Waals surface area contributed by atoms with E-state index in [-0.39, 0.29) is 0 Å². The molecule has 1 nitrogen and oxygen atoms in total. The minimum atomic E-state index is 0.612. The summed E-state index contributed by atoms with van der Waals surface area (Å²) in [6.45, 7) is 4.76. The molecular formula is C15H15BrO. The van der Waals surface area contributed by atoms with E-state index in [0.717, 1.165) is 10.2 Å². The molecule has 0 fully saturated rings. The molecule has 0 N–H and O–H groups in total. The molecule has 17 heavy (non-hydrogen) atoms. The summed E-state index contributed by atoms with van der Waals surface area (Å²) in [6, 6.07) is 14.4. The average Bonchev–Trinajstić information content (AvgIpc) is 2.33. The van der Waals surface area contributed by atoms with Crippen LogP contribution in [-0.2, 0) is 6.61 Å². The molecule has 0 bridgehead atoms. The predicted molar refractivity (Wildman–Crippen MR) is 74.4 cm³/mol. The molecule has 0 aliphatic heterocycles. The maximum atomic E-state index is 5.75. The smallest absolute Gasteiger partial charge is 0.120 e. The van der Waals surface area contributed by atoms with Crippen molar-refractivity contribution in [2.45, 2.75) is 20.5 Å². The predicted octanol–water partition coefficient (Wildman–Crippen LogP) is 4.64. The van der Waals surface area contributed by atoms with Gasteiger partial charge in [0, 0.05) is 4.47 Å². The molecule has 2 aromatic carbocycles. The van der Waals surface area contributed by atoms with E-state index >= 15 is 0 Å². The summed E-state index contributed by atoms with van der Waals surface area (Å²) in [5, 5.41) is 0. The van der Waals surface area contributed by atoms with Crippen LogP contribution in [0.15, 0.2) is 46.9 Å². The normalized spacial score (nSPS) is 10.3. The maximum absolute atomic E-state index is 5.75. The van der Waals surface area contributed by atoms with E-state index in [4.69, 9.17) is 4.74 Å². The van der Waals surface area contributed by atoms with Crippen LogP contribution in [-0.4, -0.2) is 0 Å². The minimum absolute atomic E-state index is 0.612. The van der Waals surface area contributed by atoms with Crippen LogP contribution in [0, 0.1) is 13.8 Å². The molecule has 0 amide bonds. The highest BCUT2D eigenvalue weighted by Gasteiger charge is 1.99. The molecule has 0 spiro atoms. The van der Waals surface area contributed by atoms with Gasteiger partial charge in [-0.25, -0.2) is 0 Å². The van der Waals surface area contributed by atoms with Crippen molar-refractivity contribution in [1.82, 2.24) is 0 Å². The van der Waals surface area contributed by atoms with E-state index in [1.807, 2.05) is 18.2 Å². The molecule has 2 aromatic rings. The molecule has 0 saturated carbocycles. The van der Waals surface area contributed by atoms with Crippen LogP contribution in [0.5, 0.6) is 5.75 Å². The van der Waals surface area contributed by atoms with Crippen LogP contribution in [0.25, 0.3) is 0 Å². The van der Waals surface area contributed by atoms with Gasteiger partial charge in [-0.3, -0.25) is 0 Å². The van der Waals surface area contributed by atoms with Gasteiger partial charge < -0.3 is 4.74 Å². The third kappa shape index (κ3) is 3.34. The number of hydrogen-bond donors (Lipinski definition) is 0. The molecule has 0 radical (unpaired) electrons. The first-order valence-electron chi connectivity index (χ1n) is 5.59. The topological polar surface area (TPSA) is 9.23 Å². The Balaban J connectivity index is 2.02. The lowest BCUT2D eigenvalue weighted by atomic mass is 10.2. The van der Waals surface area contributed by atoms with Crippen LogP contribution in [0.4, 0.5) is 0 Å². The zero-order valence-corrected chi connectivity index (χ0v) is 11.6. The Labute approximate surface area is 111 Å². The molecule has 0 aliphatic carbocycles. The van der Waals surface area contributed by atoms with Gasteiger partial charge in [0.05, 0.1) is 0 Å². The van der Waals surface area contributed by atoms with E-state index in [1.165, 1.54) is 16.7 Å². The van der Waals surface area contributed by atoms with Crippen molar-refractivity contribution >= 4 is 15.9 Å². The van der Waals surface area contributed by atoms with E-state index in [1.54, 1.807) is 0 Å². The Kier molecular flexibility index (Phi) is 3.85. The van der Waals surface area contributed by atoms with Crippen molar-refractivity contribution in [3.8, 4) is 5.75 Å². The van der Waals surface area contributed by atoms with Crippen molar-refractivity contribution in [1.29, 1.82) is 0 Å². The second kappa shape index (κ2) is 5.37. The number of ether oxygens (including phenoxy) is 1. The highest BCUT2D eigenvalue weighted by molar-refractivity contribution is 9.10. The Morgan fingerprint density at radius 3 is 2.35 bits per heavy atom. The highest BCUT2D eigenvalue weighted by atomic mass is 79.9. The van der Waals surface area contributed by atoms with E-state index < -0.39 is 0 Å². The second-order valence-corrected chi connectivity index (χ2v) is 5.04. The first kappa shape index (κ1) is 12.2. The zero-order chi connectivity index (χ0) is 12.3. The summed E-state index contributed by atoms with van der Waals surface area (Å²) in [5.74, 6) is 0.909. The van der Waals surface area contributed by atoms with Crippen molar-refractivity contribution in [2.75, 3.05) is 0 Å². The third-order valence-electron chi connectivity index (χ3n) is 2.66. The average molecular weight is 291 g/mol. The molecule has 88 valence electrons. The van der Waals surface area contributed by atoms with Crippen LogP contribution in [0.1, 0.15) is 16.7 Å². The Morgan fingerprint density at radius 1 is 1.00 bits per heavy atom. The van der Waals surface area contributed by atoms with Crippen molar-refractivity contribution in [3.63, 3.8) is 0 Å². The van der Waals surface area contributed by atoms with Gasteiger partial charge in [-0.2, -0.15) is 0 Å². The van der Waals surface area contributed by atoms with Crippen molar-refractivity contribution < 1.29 is 4.74 Å². The largest absolute Gasteiger partial charge is 0.489 e. The molecule has 0 aliphatic rings. The van der Waals surface area contributed by atoms with Gasteiger partial charge in [-0.1, -0.05) is 45.8 Å². The summed E-state index contributed by atoms with van der Waals surface area (Å²) in [5.41, 5.74) is 3.65. The number of rotatable bonds is 3.